The van der Waals surface area contributed by atoms with E-state index in [1.165, 1.54) is 23.5 Å². The van der Waals surface area contributed by atoms with E-state index in [2.05, 4.69) is 25.6 Å². The van der Waals surface area contributed by atoms with Crippen molar-refractivity contribution in [2.24, 2.45) is 0 Å². The summed E-state index contributed by atoms with van der Waals surface area (Å²) in [5, 5.41) is 15.6. The molecule has 26 heavy (non-hydrogen) atoms. The first-order valence-electron chi connectivity index (χ1n) is 7.18. The number of thiazole rings is 1. The fourth-order valence-electron chi connectivity index (χ4n) is 2.25. The molecule has 0 atom stereocenters. The monoisotopic (exact) mass is 406 g/mol. The lowest BCUT2D eigenvalue weighted by Gasteiger charge is -2.03. The third-order valence-electron chi connectivity index (χ3n) is 3.42. The van der Waals surface area contributed by atoms with Crippen LogP contribution in [0.4, 0.5) is 5.95 Å². The molecule has 1 amide bonds. The van der Waals surface area contributed by atoms with Crippen LogP contribution in [-0.4, -0.2) is 30.7 Å². The van der Waals surface area contributed by atoms with Crippen molar-refractivity contribution >= 4 is 51.4 Å². The zero-order chi connectivity index (χ0) is 18.3. The minimum absolute atomic E-state index is 0.0425. The molecular formula is C15H8Cl2N6O2S. The quantitative estimate of drug-likeness (QED) is 0.543. The van der Waals surface area contributed by atoms with E-state index >= 15 is 0 Å². The van der Waals surface area contributed by atoms with E-state index in [4.69, 9.17) is 23.2 Å². The van der Waals surface area contributed by atoms with Crippen LogP contribution >= 0.6 is 34.5 Å². The molecule has 0 aliphatic rings. The number of fused-ring (bicyclic) bond motifs is 1. The van der Waals surface area contributed by atoms with E-state index in [0.717, 1.165) is 0 Å². The molecule has 2 N–H and O–H groups in total. The van der Waals surface area contributed by atoms with Crippen molar-refractivity contribution in [2.45, 2.75) is 0 Å². The van der Waals surface area contributed by atoms with Gasteiger partial charge in [0.05, 0.1) is 10.7 Å². The Bertz CT molecular complexity index is 1180. The molecule has 0 bridgehead atoms. The van der Waals surface area contributed by atoms with Crippen molar-refractivity contribution in [2.75, 3.05) is 5.32 Å². The highest BCUT2D eigenvalue weighted by Gasteiger charge is 2.16. The highest BCUT2D eigenvalue weighted by atomic mass is 35.5. The van der Waals surface area contributed by atoms with Crippen molar-refractivity contribution in [3.8, 4) is 11.3 Å². The van der Waals surface area contributed by atoms with E-state index in [0.29, 0.717) is 26.3 Å². The van der Waals surface area contributed by atoms with Crippen LogP contribution in [0.15, 0.2) is 40.5 Å². The minimum Gasteiger partial charge on any atom is -0.288 e. The number of anilines is 1. The number of carbonyl (C=O) groups excluding carboxylic acids is 1. The Morgan fingerprint density at radius 1 is 1.23 bits per heavy atom. The largest absolute Gasteiger partial charge is 0.288 e. The topological polar surface area (TPSA) is 105 Å². The number of halogens is 2. The lowest BCUT2D eigenvalue weighted by molar-refractivity contribution is 0.102. The molecule has 1 aromatic carbocycles. The predicted molar refractivity (Wildman–Crippen MR) is 99.1 cm³/mol. The molecule has 3 aromatic heterocycles. The summed E-state index contributed by atoms with van der Waals surface area (Å²) in [5.74, 6) is -0.434. The molecule has 0 aliphatic heterocycles. The zero-order valence-electron chi connectivity index (χ0n) is 12.7. The molecule has 0 saturated carbocycles. The van der Waals surface area contributed by atoms with Crippen LogP contribution in [0.3, 0.4) is 0 Å². The number of nitrogens with one attached hydrogen (secondary N) is 2. The van der Waals surface area contributed by atoms with Gasteiger partial charge in [-0.1, -0.05) is 23.2 Å². The van der Waals surface area contributed by atoms with Crippen LogP contribution in [0.25, 0.3) is 16.2 Å². The number of hydrogen-bond acceptors (Lipinski definition) is 6. The molecule has 11 heteroatoms. The van der Waals surface area contributed by atoms with Crippen molar-refractivity contribution in [3.05, 3.63) is 61.8 Å². The second-order valence-electron chi connectivity index (χ2n) is 5.14. The third kappa shape index (κ3) is 3.07. The molecule has 130 valence electrons. The van der Waals surface area contributed by atoms with Crippen LogP contribution in [0.1, 0.15) is 10.5 Å². The number of nitrogens with zero attached hydrogens (tertiary/aromatic N) is 4. The van der Waals surface area contributed by atoms with E-state index in [9.17, 15) is 9.59 Å². The Balaban J connectivity index is 1.68. The Morgan fingerprint density at radius 3 is 2.85 bits per heavy atom. The highest BCUT2D eigenvalue weighted by molar-refractivity contribution is 7.15. The molecule has 4 rings (SSSR count). The van der Waals surface area contributed by atoms with Gasteiger partial charge in [0, 0.05) is 22.0 Å². The van der Waals surface area contributed by atoms with Gasteiger partial charge < -0.3 is 0 Å². The van der Waals surface area contributed by atoms with Crippen molar-refractivity contribution < 1.29 is 4.79 Å². The number of amides is 1. The lowest BCUT2D eigenvalue weighted by atomic mass is 10.2. The predicted octanol–water partition coefficient (Wildman–Crippen LogP) is 3.10. The number of aromatic nitrogens is 5. The number of rotatable bonds is 3. The van der Waals surface area contributed by atoms with Gasteiger partial charge in [0.1, 0.15) is 5.69 Å². The fraction of sp³-hybridized carbons (Fsp3) is 0. The summed E-state index contributed by atoms with van der Waals surface area (Å²) in [7, 11) is 0. The number of H-pyrrole nitrogens is 1. The van der Waals surface area contributed by atoms with Gasteiger partial charge in [-0.3, -0.25) is 14.9 Å². The first kappa shape index (κ1) is 16.7. The summed E-state index contributed by atoms with van der Waals surface area (Å²) >= 11 is 13.6. The lowest BCUT2D eigenvalue weighted by Crippen LogP contribution is -2.18. The Morgan fingerprint density at radius 2 is 2.08 bits per heavy atom. The van der Waals surface area contributed by atoms with Gasteiger partial charge in [-0.2, -0.15) is 10.1 Å². The summed E-state index contributed by atoms with van der Waals surface area (Å²) < 4.78 is 1.57. The first-order chi connectivity index (χ1) is 12.5. The van der Waals surface area contributed by atoms with E-state index < -0.39 is 11.5 Å². The SMILES string of the molecule is O=C(Nc1nc2scc(-c3cc(Cl)ccc3Cl)n2n1)c1ccc(=O)[nH]n1. The van der Waals surface area contributed by atoms with Crippen molar-refractivity contribution in [1.29, 1.82) is 0 Å². The molecular weight excluding hydrogens is 399 g/mol. The molecule has 0 saturated heterocycles. The van der Waals surface area contributed by atoms with Gasteiger partial charge in [-0.25, -0.2) is 9.61 Å². The molecule has 0 spiro atoms. The summed E-state index contributed by atoms with van der Waals surface area (Å²) in [6.07, 6.45) is 0. The van der Waals surface area contributed by atoms with Gasteiger partial charge in [-0.05, 0) is 24.3 Å². The van der Waals surface area contributed by atoms with Gasteiger partial charge >= 0.3 is 0 Å². The second-order valence-corrected chi connectivity index (χ2v) is 6.82. The van der Waals surface area contributed by atoms with Crippen LogP contribution < -0.4 is 10.9 Å². The molecule has 4 aromatic rings. The molecule has 0 aliphatic carbocycles. The number of aromatic amines is 1. The standard InChI is InChI=1S/C15H8Cl2N6O2S/c16-7-1-2-9(17)8(5-7)11-6-26-15-19-14(22-23(11)15)18-13(25)10-3-4-12(24)21-20-10/h1-6H,(H,21,24)(H,18,22,25). The number of hydrogen-bond donors (Lipinski definition) is 2. The molecule has 3 heterocycles. The summed E-state index contributed by atoms with van der Waals surface area (Å²) in [6.45, 7) is 0. The van der Waals surface area contributed by atoms with Crippen LogP contribution in [0.5, 0.6) is 0 Å². The van der Waals surface area contributed by atoms with Gasteiger partial charge in [0.15, 0.2) is 0 Å². The van der Waals surface area contributed by atoms with Gasteiger partial charge in [0.25, 0.3) is 17.4 Å². The van der Waals surface area contributed by atoms with E-state index in [1.54, 1.807) is 22.7 Å². The smallest absolute Gasteiger partial charge is 0.278 e. The maximum atomic E-state index is 12.2. The maximum Gasteiger partial charge on any atom is 0.278 e. The zero-order valence-corrected chi connectivity index (χ0v) is 15.1. The van der Waals surface area contributed by atoms with Gasteiger partial charge in [-0.15, -0.1) is 16.4 Å². The Hall–Kier alpha value is -2.75. The summed E-state index contributed by atoms with van der Waals surface area (Å²) in [5.41, 5.74) is 1.05. The average Bonchev–Trinajstić information content (AvgIpc) is 3.17. The van der Waals surface area contributed by atoms with E-state index in [1.807, 2.05) is 5.38 Å². The second kappa shape index (κ2) is 6.52. The average molecular weight is 407 g/mol. The molecule has 0 radical (unpaired) electrons. The molecule has 0 unspecified atom stereocenters. The summed E-state index contributed by atoms with van der Waals surface area (Å²) in [4.78, 5) is 28.0. The van der Waals surface area contributed by atoms with Crippen LogP contribution in [0.2, 0.25) is 10.0 Å². The fourth-order valence-corrected chi connectivity index (χ4v) is 3.46. The highest BCUT2D eigenvalue weighted by Crippen LogP contribution is 2.33. The van der Waals surface area contributed by atoms with Crippen molar-refractivity contribution in [3.63, 3.8) is 0 Å². The Kier molecular flexibility index (Phi) is 4.19. The Labute approximate surface area is 159 Å². The van der Waals surface area contributed by atoms with E-state index in [-0.39, 0.29) is 11.6 Å². The third-order valence-corrected chi connectivity index (χ3v) is 4.80. The molecule has 0 fully saturated rings. The van der Waals surface area contributed by atoms with Crippen molar-refractivity contribution in [1.82, 2.24) is 24.8 Å². The number of carbonyl (C=O) groups is 1. The van der Waals surface area contributed by atoms with Gasteiger partial charge in [0.2, 0.25) is 4.96 Å². The molecule has 8 nitrogen and oxygen atoms in total. The first-order valence-corrected chi connectivity index (χ1v) is 8.81. The van der Waals surface area contributed by atoms with Crippen LogP contribution in [-0.2, 0) is 0 Å². The normalized spacial score (nSPS) is 11.0. The minimum atomic E-state index is -0.540. The summed E-state index contributed by atoms with van der Waals surface area (Å²) in [6, 6.07) is 7.64. The van der Waals surface area contributed by atoms with Crippen LogP contribution in [0, 0.1) is 0 Å². The maximum absolute atomic E-state index is 12.2. The number of benzene rings is 1.